The van der Waals surface area contributed by atoms with Crippen LogP contribution in [0.15, 0.2) is 231 Å². The lowest BCUT2D eigenvalue weighted by Crippen LogP contribution is -2.04. The molecule has 13 aromatic rings. The van der Waals surface area contributed by atoms with Crippen LogP contribution in [-0.4, -0.2) is 19.1 Å². The Balaban J connectivity index is 1.12. The van der Waals surface area contributed by atoms with E-state index in [0.29, 0.717) is 5.82 Å². The molecule has 4 heteroatoms. The number of fused-ring (bicyclic) bond motifs is 6. The number of hydrogen-bond donors (Lipinski definition) is 0. The highest BCUT2D eigenvalue weighted by Crippen LogP contribution is 2.46. The minimum Gasteiger partial charge on any atom is -0.309 e. The molecule has 4 nitrogen and oxygen atoms in total. The van der Waals surface area contributed by atoms with Gasteiger partial charge in [0.1, 0.15) is 0 Å². The van der Waals surface area contributed by atoms with Crippen molar-refractivity contribution in [3.63, 3.8) is 0 Å². The SMILES string of the molecule is Cc1cc(C)cc(-c2ccc3c(c2)c2ccccc2n3-c2ccccc2-c2c(-c3nc(-c4ccccc4)cc(-c4ccccc4)n3)cccc2-n2c3ccccc3c3cc(-c4ccc(C)cc4C)ccc32)c1. The topological polar surface area (TPSA) is 35.6 Å². The first-order valence-corrected chi connectivity index (χ1v) is 24.8. The molecular formula is C68H50N4. The van der Waals surface area contributed by atoms with Gasteiger partial charge < -0.3 is 9.13 Å². The molecule has 10 aromatic carbocycles. The van der Waals surface area contributed by atoms with Crippen LogP contribution in [-0.2, 0) is 0 Å². The third-order valence-electron chi connectivity index (χ3n) is 14.4. The summed E-state index contributed by atoms with van der Waals surface area (Å²) < 4.78 is 4.93. The van der Waals surface area contributed by atoms with Gasteiger partial charge in [0.05, 0.1) is 44.8 Å². The summed E-state index contributed by atoms with van der Waals surface area (Å²) >= 11 is 0. The highest BCUT2D eigenvalue weighted by atomic mass is 15.0. The first kappa shape index (κ1) is 42.9. The highest BCUT2D eigenvalue weighted by Gasteiger charge is 2.25. The molecule has 0 bridgehead atoms. The Morgan fingerprint density at radius 2 is 0.806 bits per heavy atom. The third kappa shape index (κ3) is 7.30. The molecule has 0 radical (unpaired) electrons. The minimum absolute atomic E-state index is 0.653. The van der Waals surface area contributed by atoms with Crippen LogP contribution in [0.5, 0.6) is 0 Å². The summed E-state index contributed by atoms with van der Waals surface area (Å²) in [6, 6.07) is 83.8. The van der Waals surface area contributed by atoms with Crippen molar-refractivity contribution in [2.75, 3.05) is 0 Å². The Morgan fingerprint density at radius 3 is 1.44 bits per heavy atom. The van der Waals surface area contributed by atoms with Crippen LogP contribution in [0.1, 0.15) is 22.3 Å². The number of rotatable bonds is 8. The van der Waals surface area contributed by atoms with E-state index in [1.54, 1.807) is 0 Å². The summed E-state index contributed by atoms with van der Waals surface area (Å²) in [4.78, 5) is 11.0. The largest absolute Gasteiger partial charge is 0.309 e. The normalized spacial score (nSPS) is 11.6. The van der Waals surface area contributed by atoms with Gasteiger partial charge >= 0.3 is 0 Å². The highest BCUT2D eigenvalue weighted by molar-refractivity contribution is 6.13. The Bertz CT molecular complexity index is 4170. The zero-order valence-corrected chi connectivity index (χ0v) is 40.7. The van der Waals surface area contributed by atoms with Crippen LogP contribution < -0.4 is 0 Å². The maximum absolute atomic E-state index is 5.51. The van der Waals surface area contributed by atoms with Crippen LogP contribution in [0.3, 0.4) is 0 Å². The minimum atomic E-state index is 0.653. The number of nitrogens with zero attached hydrogens (tertiary/aromatic N) is 4. The van der Waals surface area contributed by atoms with E-state index in [1.807, 2.05) is 0 Å². The van der Waals surface area contributed by atoms with Crippen LogP contribution in [0.2, 0.25) is 0 Å². The average molecular weight is 923 g/mol. The van der Waals surface area contributed by atoms with Crippen molar-refractivity contribution in [2.24, 2.45) is 0 Å². The van der Waals surface area contributed by atoms with Crippen LogP contribution in [0, 0.1) is 27.7 Å². The van der Waals surface area contributed by atoms with Crippen molar-refractivity contribution in [1.29, 1.82) is 0 Å². The fourth-order valence-electron chi connectivity index (χ4n) is 11.2. The second-order valence-electron chi connectivity index (χ2n) is 19.3. The molecule has 0 saturated carbocycles. The Labute approximate surface area is 419 Å². The molecule has 13 rings (SSSR count). The summed E-state index contributed by atoms with van der Waals surface area (Å²) in [5.74, 6) is 0.653. The maximum atomic E-state index is 5.51. The van der Waals surface area contributed by atoms with Gasteiger partial charge in [-0.15, -0.1) is 0 Å². The molecule has 0 aliphatic rings. The van der Waals surface area contributed by atoms with E-state index in [4.69, 9.17) is 9.97 Å². The first-order valence-electron chi connectivity index (χ1n) is 24.8. The molecule has 0 saturated heterocycles. The van der Waals surface area contributed by atoms with Gasteiger partial charge in [0.2, 0.25) is 0 Å². The molecule has 0 atom stereocenters. The molecular weight excluding hydrogens is 873 g/mol. The van der Waals surface area contributed by atoms with Crippen LogP contribution in [0.25, 0.3) is 122 Å². The van der Waals surface area contributed by atoms with Gasteiger partial charge in [0.15, 0.2) is 5.82 Å². The standard InChI is InChI=1S/C68H50N4/c1-43-30-33-52(46(4)37-43)50-32-35-65-58(41-50)54-23-12-15-27-62(54)72(65)66-29-17-25-56(68-69-59(47-18-7-5-8-19-47)42-60(70-68)48-20-9-6-10-21-48)67(66)55-24-13-16-28-63(55)71-61-26-14-11-22-53(61)57-40-49(31-34-64(57)71)51-38-44(2)36-45(3)39-51/h5-42H,1-4H3. The molecule has 0 aliphatic heterocycles. The molecule has 0 amide bonds. The molecule has 3 heterocycles. The Morgan fingerprint density at radius 1 is 0.292 bits per heavy atom. The fourth-order valence-corrected chi connectivity index (χ4v) is 11.2. The lowest BCUT2D eigenvalue weighted by Gasteiger charge is -2.21. The monoisotopic (exact) mass is 922 g/mol. The molecule has 0 spiro atoms. The summed E-state index contributed by atoms with van der Waals surface area (Å²) in [5, 5.41) is 4.80. The summed E-state index contributed by atoms with van der Waals surface area (Å²) in [5.41, 5.74) is 23.4. The number of benzene rings is 10. The van der Waals surface area contributed by atoms with Gasteiger partial charge in [-0.25, -0.2) is 9.97 Å². The quantitative estimate of drug-likeness (QED) is 0.152. The molecule has 0 N–H and O–H groups in total. The molecule has 342 valence electrons. The number of aryl methyl sites for hydroxylation is 4. The van der Waals surface area contributed by atoms with Crippen molar-refractivity contribution in [3.8, 4) is 78.7 Å². The maximum Gasteiger partial charge on any atom is 0.161 e. The third-order valence-corrected chi connectivity index (χ3v) is 14.4. The van der Waals surface area contributed by atoms with Gasteiger partial charge in [-0.1, -0.05) is 193 Å². The van der Waals surface area contributed by atoms with E-state index in [-0.39, 0.29) is 0 Å². The van der Waals surface area contributed by atoms with Crippen LogP contribution >= 0.6 is 0 Å². The van der Waals surface area contributed by atoms with Crippen molar-refractivity contribution >= 4 is 43.6 Å². The van der Waals surface area contributed by atoms with E-state index < -0.39 is 0 Å². The van der Waals surface area contributed by atoms with Gasteiger partial charge in [-0.05, 0) is 110 Å². The molecule has 0 unspecified atom stereocenters. The summed E-state index contributed by atoms with van der Waals surface area (Å²) in [6.07, 6.45) is 0. The smallest absolute Gasteiger partial charge is 0.161 e. The predicted molar refractivity (Wildman–Crippen MR) is 302 cm³/mol. The van der Waals surface area contributed by atoms with Gasteiger partial charge in [0, 0.05) is 49.4 Å². The predicted octanol–water partition coefficient (Wildman–Crippen LogP) is 17.9. The second-order valence-corrected chi connectivity index (χ2v) is 19.3. The van der Waals surface area contributed by atoms with Crippen molar-refractivity contribution in [2.45, 2.75) is 27.7 Å². The lowest BCUT2D eigenvalue weighted by atomic mass is 9.94. The number of aromatic nitrogens is 4. The fraction of sp³-hybridized carbons (Fsp3) is 0.0588. The second kappa shape index (κ2) is 17.4. The van der Waals surface area contributed by atoms with E-state index in [0.717, 1.165) is 72.6 Å². The Kier molecular flexibility index (Phi) is 10.4. The van der Waals surface area contributed by atoms with Gasteiger partial charge in [-0.3, -0.25) is 0 Å². The number of para-hydroxylation sites is 3. The van der Waals surface area contributed by atoms with Crippen molar-refractivity contribution < 1.29 is 0 Å². The first-order chi connectivity index (χ1) is 35.3. The van der Waals surface area contributed by atoms with E-state index in [2.05, 4.69) is 267 Å². The van der Waals surface area contributed by atoms with Crippen molar-refractivity contribution in [1.82, 2.24) is 19.1 Å². The number of hydrogen-bond acceptors (Lipinski definition) is 2. The molecule has 0 fully saturated rings. The van der Waals surface area contributed by atoms with Crippen LogP contribution in [0.4, 0.5) is 0 Å². The molecule has 72 heavy (non-hydrogen) atoms. The molecule has 0 aliphatic carbocycles. The zero-order chi connectivity index (χ0) is 48.5. The summed E-state index contributed by atoms with van der Waals surface area (Å²) in [7, 11) is 0. The van der Waals surface area contributed by atoms with Gasteiger partial charge in [-0.2, -0.15) is 0 Å². The molecule has 3 aromatic heterocycles. The van der Waals surface area contributed by atoms with E-state index >= 15 is 0 Å². The van der Waals surface area contributed by atoms with E-state index in [1.165, 1.54) is 66.1 Å². The van der Waals surface area contributed by atoms with Gasteiger partial charge in [0.25, 0.3) is 0 Å². The average Bonchev–Trinajstić information content (AvgIpc) is 3.93. The van der Waals surface area contributed by atoms with E-state index in [9.17, 15) is 0 Å². The zero-order valence-electron chi connectivity index (χ0n) is 40.7. The lowest BCUT2D eigenvalue weighted by molar-refractivity contribution is 1.15. The Hall–Kier alpha value is -9.12. The summed E-state index contributed by atoms with van der Waals surface area (Å²) in [6.45, 7) is 8.73. The van der Waals surface area contributed by atoms with Crippen molar-refractivity contribution in [3.05, 3.63) is 253 Å².